The molecular weight excluding hydrogens is 186 g/mol. The summed E-state index contributed by atoms with van der Waals surface area (Å²) in [5.74, 6) is 3.48. The fraction of sp³-hybridized carbons (Fsp3) is 0.769. The molecular formula is C13H21NO. The first-order valence-corrected chi connectivity index (χ1v) is 6.01. The third-order valence-electron chi connectivity index (χ3n) is 3.20. The van der Waals surface area contributed by atoms with Crippen molar-refractivity contribution in [3.05, 3.63) is 0 Å². The molecule has 0 aliphatic heterocycles. The van der Waals surface area contributed by atoms with Crippen molar-refractivity contribution in [2.24, 2.45) is 5.92 Å². The van der Waals surface area contributed by atoms with Gasteiger partial charge in [0.15, 0.2) is 0 Å². The second-order valence-electron chi connectivity index (χ2n) is 4.38. The van der Waals surface area contributed by atoms with Crippen molar-refractivity contribution in [3.8, 4) is 12.3 Å². The number of carbonyl (C=O) groups excluding carboxylic acids is 1. The van der Waals surface area contributed by atoms with E-state index < -0.39 is 0 Å². The van der Waals surface area contributed by atoms with Crippen LogP contribution in [0.2, 0.25) is 0 Å². The fourth-order valence-corrected chi connectivity index (χ4v) is 2.16. The van der Waals surface area contributed by atoms with Crippen molar-refractivity contribution in [3.63, 3.8) is 0 Å². The zero-order valence-electron chi connectivity index (χ0n) is 9.59. The van der Waals surface area contributed by atoms with Gasteiger partial charge in [0, 0.05) is 6.42 Å². The van der Waals surface area contributed by atoms with Gasteiger partial charge in [0.1, 0.15) is 0 Å². The number of rotatable bonds is 5. The lowest BCUT2D eigenvalue weighted by Crippen LogP contribution is -2.33. The summed E-state index contributed by atoms with van der Waals surface area (Å²) in [6.45, 7) is 1.99. The molecule has 0 aromatic carbocycles. The van der Waals surface area contributed by atoms with Gasteiger partial charge in [-0.15, -0.1) is 6.42 Å². The molecule has 1 amide bonds. The zero-order valence-corrected chi connectivity index (χ0v) is 9.59. The maximum atomic E-state index is 11.5. The highest BCUT2D eigenvalue weighted by molar-refractivity contribution is 5.76. The summed E-state index contributed by atoms with van der Waals surface area (Å²) in [5.41, 5.74) is 0. The average molecular weight is 207 g/mol. The normalized spacial score (nSPS) is 18.4. The first-order chi connectivity index (χ1) is 7.26. The van der Waals surface area contributed by atoms with Crippen molar-refractivity contribution in [2.75, 3.05) is 0 Å². The van der Waals surface area contributed by atoms with E-state index in [0.29, 0.717) is 6.42 Å². The van der Waals surface area contributed by atoms with E-state index in [1.807, 2.05) is 6.92 Å². The van der Waals surface area contributed by atoms with Crippen LogP contribution in [0.1, 0.15) is 51.9 Å². The average Bonchev–Trinajstić information content (AvgIpc) is 2.75. The van der Waals surface area contributed by atoms with Crippen LogP contribution in [-0.2, 0) is 4.79 Å². The SMILES string of the molecule is C#CC(CC)NC(=O)CCC1CCCC1. The molecule has 1 saturated carbocycles. The maximum absolute atomic E-state index is 11.5. The van der Waals surface area contributed by atoms with Gasteiger partial charge in [-0.25, -0.2) is 0 Å². The molecule has 0 heterocycles. The largest absolute Gasteiger partial charge is 0.342 e. The van der Waals surface area contributed by atoms with Crippen LogP contribution in [0.15, 0.2) is 0 Å². The molecule has 1 rings (SSSR count). The Labute approximate surface area is 92.8 Å². The molecule has 0 aromatic heterocycles. The smallest absolute Gasteiger partial charge is 0.220 e. The Morgan fingerprint density at radius 2 is 2.20 bits per heavy atom. The van der Waals surface area contributed by atoms with Gasteiger partial charge in [-0.3, -0.25) is 4.79 Å². The first-order valence-electron chi connectivity index (χ1n) is 6.01. The highest BCUT2D eigenvalue weighted by atomic mass is 16.1. The molecule has 0 spiro atoms. The molecule has 1 atom stereocenters. The van der Waals surface area contributed by atoms with Gasteiger partial charge in [-0.1, -0.05) is 38.5 Å². The summed E-state index contributed by atoms with van der Waals surface area (Å²) >= 11 is 0. The third kappa shape index (κ3) is 4.38. The Hall–Kier alpha value is -0.970. The molecule has 1 aliphatic carbocycles. The van der Waals surface area contributed by atoms with Crippen molar-refractivity contribution in [1.29, 1.82) is 0 Å². The van der Waals surface area contributed by atoms with Crippen LogP contribution in [0.5, 0.6) is 0 Å². The van der Waals surface area contributed by atoms with Crippen molar-refractivity contribution < 1.29 is 4.79 Å². The third-order valence-corrected chi connectivity index (χ3v) is 3.20. The first kappa shape index (κ1) is 12.1. The van der Waals surface area contributed by atoms with Gasteiger partial charge >= 0.3 is 0 Å². The number of hydrogen-bond acceptors (Lipinski definition) is 1. The molecule has 0 radical (unpaired) electrons. The second kappa shape index (κ2) is 6.50. The van der Waals surface area contributed by atoms with Crippen LogP contribution in [-0.4, -0.2) is 11.9 Å². The minimum atomic E-state index is -0.0823. The molecule has 1 fully saturated rings. The van der Waals surface area contributed by atoms with E-state index in [4.69, 9.17) is 6.42 Å². The van der Waals surface area contributed by atoms with Crippen molar-refractivity contribution >= 4 is 5.91 Å². The summed E-state index contributed by atoms with van der Waals surface area (Å²) in [4.78, 5) is 11.5. The standard InChI is InChI=1S/C13H21NO/c1-3-12(4-2)14-13(15)10-9-11-7-5-6-8-11/h1,11-12H,4-10H2,2H3,(H,14,15). The van der Waals surface area contributed by atoms with Crippen LogP contribution in [0.3, 0.4) is 0 Å². The quantitative estimate of drug-likeness (QED) is 0.689. The lowest BCUT2D eigenvalue weighted by atomic mass is 10.0. The summed E-state index contributed by atoms with van der Waals surface area (Å²) in [5, 5.41) is 2.87. The molecule has 2 heteroatoms. The Kier molecular flexibility index (Phi) is 5.25. The molecule has 2 nitrogen and oxygen atoms in total. The van der Waals surface area contributed by atoms with Crippen LogP contribution in [0.25, 0.3) is 0 Å². The number of hydrogen-bond donors (Lipinski definition) is 1. The zero-order chi connectivity index (χ0) is 11.1. The van der Waals surface area contributed by atoms with Gasteiger partial charge < -0.3 is 5.32 Å². The Bertz CT molecular complexity index is 235. The van der Waals surface area contributed by atoms with Gasteiger partial charge in [0.2, 0.25) is 5.91 Å². The Morgan fingerprint density at radius 3 is 2.73 bits per heavy atom. The van der Waals surface area contributed by atoms with Crippen molar-refractivity contribution in [1.82, 2.24) is 5.32 Å². The lowest BCUT2D eigenvalue weighted by molar-refractivity contribution is -0.121. The Balaban J connectivity index is 2.15. The molecule has 0 aromatic rings. The maximum Gasteiger partial charge on any atom is 0.220 e. The van der Waals surface area contributed by atoms with E-state index >= 15 is 0 Å². The summed E-state index contributed by atoms with van der Waals surface area (Å²) in [7, 11) is 0. The number of amides is 1. The van der Waals surface area contributed by atoms with E-state index in [1.165, 1.54) is 25.7 Å². The summed E-state index contributed by atoms with van der Waals surface area (Å²) in [6.07, 6.45) is 13.1. The minimum Gasteiger partial charge on any atom is -0.342 e. The topological polar surface area (TPSA) is 29.1 Å². The van der Waals surface area contributed by atoms with Gasteiger partial charge in [-0.05, 0) is 18.8 Å². The molecule has 1 aliphatic rings. The molecule has 1 unspecified atom stereocenters. The van der Waals surface area contributed by atoms with Gasteiger partial charge in [0.05, 0.1) is 6.04 Å². The van der Waals surface area contributed by atoms with E-state index in [9.17, 15) is 4.79 Å². The molecule has 15 heavy (non-hydrogen) atoms. The molecule has 0 bridgehead atoms. The van der Waals surface area contributed by atoms with Crippen LogP contribution in [0.4, 0.5) is 0 Å². The second-order valence-corrected chi connectivity index (χ2v) is 4.38. The lowest BCUT2D eigenvalue weighted by Gasteiger charge is -2.12. The van der Waals surface area contributed by atoms with Crippen molar-refractivity contribution in [2.45, 2.75) is 57.9 Å². The molecule has 84 valence electrons. The number of nitrogens with one attached hydrogen (secondary N) is 1. The van der Waals surface area contributed by atoms with Gasteiger partial charge in [-0.2, -0.15) is 0 Å². The molecule has 1 N–H and O–H groups in total. The molecule has 0 saturated heterocycles. The predicted molar refractivity (Wildman–Crippen MR) is 62.2 cm³/mol. The van der Waals surface area contributed by atoms with E-state index in [1.54, 1.807) is 0 Å². The summed E-state index contributed by atoms with van der Waals surface area (Å²) in [6, 6.07) is -0.0823. The van der Waals surface area contributed by atoms with Crippen LogP contribution in [0, 0.1) is 18.3 Å². The minimum absolute atomic E-state index is 0.0823. The highest BCUT2D eigenvalue weighted by Crippen LogP contribution is 2.28. The van der Waals surface area contributed by atoms with Gasteiger partial charge in [0.25, 0.3) is 0 Å². The number of carbonyl (C=O) groups is 1. The predicted octanol–water partition coefficient (Wildman–Crippen LogP) is 2.48. The Morgan fingerprint density at radius 1 is 1.53 bits per heavy atom. The highest BCUT2D eigenvalue weighted by Gasteiger charge is 2.16. The van der Waals surface area contributed by atoms with E-state index in [0.717, 1.165) is 18.8 Å². The number of terminal acetylenes is 1. The summed E-state index contributed by atoms with van der Waals surface area (Å²) < 4.78 is 0. The fourth-order valence-electron chi connectivity index (χ4n) is 2.16. The van der Waals surface area contributed by atoms with Crippen LogP contribution >= 0.6 is 0 Å². The van der Waals surface area contributed by atoms with E-state index in [2.05, 4.69) is 11.2 Å². The van der Waals surface area contributed by atoms with Crippen LogP contribution < -0.4 is 5.32 Å². The van der Waals surface area contributed by atoms with E-state index in [-0.39, 0.29) is 11.9 Å². The monoisotopic (exact) mass is 207 g/mol.